The molecular weight excluding hydrogens is 385 g/mol. The Bertz CT molecular complexity index is 808. The number of ether oxygens (including phenoxy) is 1. The Morgan fingerprint density at radius 1 is 1.11 bits per heavy atom. The normalized spacial score (nSPS) is 11.7. The van der Waals surface area contributed by atoms with Gasteiger partial charge in [-0.1, -0.05) is 54.4 Å². The topological polar surface area (TPSA) is 55.4 Å². The average molecular weight is 408 g/mol. The minimum atomic E-state index is -0.330. The largest absolute Gasteiger partial charge is 0.466 e. The molecule has 144 valence electrons. The summed E-state index contributed by atoms with van der Waals surface area (Å²) in [5.41, 5.74) is 2.61. The van der Waals surface area contributed by atoms with Crippen molar-refractivity contribution in [2.75, 3.05) is 13.2 Å². The van der Waals surface area contributed by atoms with E-state index in [0.717, 1.165) is 17.5 Å². The first-order chi connectivity index (χ1) is 12.9. The highest BCUT2D eigenvalue weighted by Crippen LogP contribution is 2.28. The summed E-state index contributed by atoms with van der Waals surface area (Å²) in [6.07, 6.45) is 1.35. The van der Waals surface area contributed by atoms with E-state index in [1.807, 2.05) is 37.3 Å². The van der Waals surface area contributed by atoms with Crippen LogP contribution in [0.5, 0.6) is 0 Å². The molecule has 0 heterocycles. The fraction of sp³-hybridized carbons (Fsp3) is 0.333. The number of amides is 1. The Morgan fingerprint density at radius 2 is 1.85 bits per heavy atom. The van der Waals surface area contributed by atoms with Gasteiger partial charge < -0.3 is 10.1 Å². The van der Waals surface area contributed by atoms with Gasteiger partial charge in [0.05, 0.1) is 16.7 Å². The molecule has 0 aromatic heterocycles. The molecule has 1 amide bonds. The van der Waals surface area contributed by atoms with Gasteiger partial charge in [0, 0.05) is 24.9 Å². The van der Waals surface area contributed by atoms with E-state index in [1.54, 1.807) is 12.1 Å². The van der Waals surface area contributed by atoms with Crippen molar-refractivity contribution in [3.8, 4) is 0 Å². The van der Waals surface area contributed by atoms with E-state index in [0.29, 0.717) is 28.6 Å². The number of hydrogen-bond donors (Lipinski definition) is 1. The van der Waals surface area contributed by atoms with Gasteiger partial charge in [0.1, 0.15) is 0 Å². The minimum absolute atomic E-state index is 0.0585. The fourth-order valence-corrected chi connectivity index (χ4v) is 3.17. The Labute approximate surface area is 169 Å². The predicted molar refractivity (Wildman–Crippen MR) is 109 cm³/mol. The van der Waals surface area contributed by atoms with Crippen molar-refractivity contribution in [3.05, 3.63) is 69.2 Å². The predicted octanol–water partition coefficient (Wildman–Crippen LogP) is 5.02. The van der Waals surface area contributed by atoms with Crippen LogP contribution in [-0.2, 0) is 16.0 Å². The van der Waals surface area contributed by atoms with Crippen molar-refractivity contribution in [2.45, 2.75) is 32.6 Å². The lowest BCUT2D eigenvalue weighted by Gasteiger charge is -2.19. The van der Waals surface area contributed by atoms with E-state index in [2.05, 4.69) is 5.32 Å². The molecule has 0 saturated carbocycles. The molecule has 0 fully saturated rings. The van der Waals surface area contributed by atoms with Gasteiger partial charge in [0.2, 0.25) is 0 Å². The highest BCUT2D eigenvalue weighted by molar-refractivity contribution is 6.42. The van der Waals surface area contributed by atoms with E-state index in [-0.39, 0.29) is 24.4 Å². The molecule has 6 heteroatoms. The third-order valence-corrected chi connectivity index (χ3v) is 5.08. The first-order valence-electron chi connectivity index (χ1n) is 8.86. The van der Waals surface area contributed by atoms with Crippen molar-refractivity contribution in [2.24, 2.45) is 0 Å². The Kier molecular flexibility index (Phi) is 8.14. The van der Waals surface area contributed by atoms with Gasteiger partial charge in [-0.2, -0.15) is 0 Å². The van der Waals surface area contributed by atoms with Gasteiger partial charge in [-0.3, -0.25) is 9.59 Å². The quantitative estimate of drug-likeness (QED) is 0.624. The molecule has 0 spiro atoms. The Morgan fingerprint density at radius 3 is 2.52 bits per heavy atom. The molecule has 0 aliphatic carbocycles. The maximum Gasteiger partial charge on any atom is 0.302 e. The highest BCUT2D eigenvalue weighted by atomic mass is 35.5. The maximum absolute atomic E-state index is 12.6. The maximum atomic E-state index is 12.6. The number of esters is 1. The molecule has 0 aliphatic rings. The number of rotatable bonds is 8. The van der Waals surface area contributed by atoms with Crippen LogP contribution in [-0.4, -0.2) is 25.0 Å². The van der Waals surface area contributed by atoms with Crippen LogP contribution in [0.4, 0.5) is 0 Å². The van der Waals surface area contributed by atoms with Crippen LogP contribution in [0.2, 0.25) is 10.0 Å². The zero-order valence-electron chi connectivity index (χ0n) is 15.4. The van der Waals surface area contributed by atoms with Gasteiger partial charge in [0.25, 0.3) is 5.91 Å². The van der Waals surface area contributed by atoms with Crippen LogP contribution in [0.3, 0.4) is 0 Å². The van der Waals surface area contributed by atoms with Crippen LogP contribution in [0.1, 0.15) is 47.7 Å². The van der Waals surface area contributed by atoms with Crippen molar-refractivity contribution in [3.63, 3.8) is 0 Å². The lowest BCUT2D eigenvalue weighted by Crippen LogP contribution is -2.29. The first kappa shape index (κ1) is 21.3. The average Bonchev–Trinajstić information content (AvgIpc) is 2.66. The minimum Gasteiger partial charge on any atom is -0.466 e. The summed E-state index contributed by atoms with van der Waals surface area (Å²) in [7, 11) is 0. The molecule has 2 rings (SSSR count). The Balaban J connectivity index is 2.12. The molecule has 4 nitrogen and oxygen atoms in total. The van der Waals surface area contributed by atoms with Gasteiger partial charge in [-0.15, -0.1) is 0 Å². The second-order valence-electron chi connectivity index (χ2n) is 6.22. The molecule has 0 bridgehead atoms. The van der Waals surface area contributed by atoms with Crippen LogP contribution in [0.15, 0.2) is 42.5 Å². The van der Waals surface area contributed by atoms with Gasteiger partial charge in [0.15, 0.2) is 0 Å². The third-order valence-electron chi connectivity index (χ3n) is 4.34. The monoisotopic (exact) mass is 407 g/mol. The standard InChI is InChI=1S/C21H23Cl2NO3/c1-3-15-6-4-5-7-18(15)21(26)24-13-17(10-11-27-14(2)25)16-8-9-19(22)20(23)12-16/h4-9,12,17H,3,10-11,13H2,1-2H3,(H,24,26). The Hall–Kier alpha value is -2.04. The van der Waals surface area contributed by atoms with Gasteiger partial charge in [-0.25, -0.2) is 0 Å². The molecule has 0 aliphatic heterocycles. The second kappa shape index (κ2) is 10.3. The molecule has 27 heavy (non-hydrogen) atoms. The van der Waals surface area contributed by atoms with E-state index in [9.17, 15) is 9.59 Å². The number of carbonyl (C=O) groups excluding carboxylic acids is 2. The van der Waals surface area contributed by atoms with Gasteiger partial charge in [-0.05, 0) is 42.2 Å². The zero-order valence-corrected chi connectivity index (χ0v) is 16.9. The van der Waals surface area contributed by atoms with Crippen molar-refractivity contribution in [1.29, 1.82) is 0 Å². The van der Waals surface area contributed by atoms with Crippen molar-refractivity contribution >= 4 is 35.1 Å². The van der Waals surface area contributed by atoms with Crippen LogP contribution in [0, 0.1) is 0 Å². The summed E-state index contributed by atoms with van der Waals surface area (Å²) < 4.78 is 5.07. The third kappa shape index (κ3) is 6.26. The molecule has 1 N–H and O–H groups in total. The molecule has 2 aromatic rings. The number of hydrogen-bond acceptors (Lipinski definition) is 3. The molecule has 2 aromatic carbocycles. The van der Waals surface area contributed by atoms with Crippen molar-refractivity contribution in [1.82, 2.24) is 5.32 Å². The summed E-state index contributed by atoms with van der Waals surface area (Å²) in [5, 5.41) is 3.91. The number of nitrogens with one attached hydrogen (secondary N) is 1. The number of carbonyl (C=O) groups is 2. The number of halogens is 2. The molecule has 1 unspecified atom stereocenters. The molecule has 0 saturated heterocycles. The molecular formula is C21H23Cl2NO3. The summed E-state index contributed by atoms with van der Waals surface area (Å²) >= 11 is 12.1. The lowest BCUT2D eigenvalue weighted by molar-refractivity contribution is -0.141. The summed E-state index contributed by atoms with van der Waals surface area (Å²) in [5.74, 6) is -0.509. The fourth-order valence-electron chi connectivity index (χ4n) is 2.86. The zero-order chi connectivity index (χ0) is 19.8. The number of benzene rings is 2. The van der Waals surface area contributed by atoms with Gasteiger partial charge >= 0.3 is 5.97 Å². The van der Waals surface area contributed by atoms with E-state index in [1.165, 1.54) is 6.92 Å². The van der Waals surface area contributed by atoms with Crippen LogP contribution in [0.25, 0.3) is 0 Å². The highest BCUT2D eigenvalue weighted by Gasteiger charge is 2.17. The van der Waals surface area contributed by atoms with E-state index < -0.39 is 0 Å². The van der Waals surface area contributed by atoms with E-state index >= 15 is 0 Å². The van der Waals surface area contributed by atoms with Crippen LogP contribution >= 0.6 is 23.2 Å². The summed E-state index contributed by atoms with van der Waals surface area (Å²) in [6.45, 7) is 4.05. The molecule has 0 radical (unpaired) electrons. The lowest BCUT2D eigenvalue weighted by atomic mass is 9.95. The van der Waals surface area contributed by atoms with Crippen molar-refractivity contribution < 1.29 is 14.3 Å². The second-order valence-corrected chi connectivity index (χ2v) is 7.03. The SMILES string of the molecule is CCc1ccccc1C(=O)NCC(CCOC(C)=O)c1ccc(Cl)c(Cl)c1. The summed E-state index contributed by atoms with van der Waals surface area (Å²) in [4.78, 5) is 23.7. The van der Waals surface area contributed by atoms with E-state index in [4.69, 9.17) is 27.9 Å². The first-order valence-corrected chi connectivity index (χ1v) is 9.62. The van der Waals surface area contributed by atoms with Crippen LogP contribution < -0.4 is 5.32 Å². The molecule has 1 atom stereocenters. The summed E-state index contributed by atoms with van der Waals surface area (Å²) in [6, 6.07) is 12.9. The number of aryl methyl sites for hydroxylation is 1. The smallest absolute Gasteiger partial charge is 0.302 e.